The highest BCUT2D eigenvalue weighted by Gasteiger charge is 2.41. The number of amides is 2. The van der Waals surface area contributed by atoms with Crippen molar-refractivity contribution in [3.63, 3.8) is 0 Å². The van der Waals surface area contributed by atoms with Gasteiger partial charge < -0.3 is 18.8 Å². The number of carbonyl (C=O) groups is 2. The monoisotopic (exact) mass is 564 g/mol. The zero-order valence-electron chi connectivity index (χ0n) is 25.8. The van der Waals surface area contributed by atoms with Crippen LogP contribution in [0.4, 0.5) is 0 Å². The van der Waals surface area contributed by atoms with Crippen molar-refractivity contribution >= 4 is 36.7 Å². The Balaban J connectivity index is 1.26. The third kappa shape index (κ3) is 5.54. The van der Waals surface area contributed by atoms with Crippen molar-refractivity contribution in [2.24, 2.45) is 7.05 Å². The van der Waals surface area contributed by atoms with Crippen LogP contribution in [0.25, 0.3) is 16.6 Å². The molecule has 0 spiro atoms. The Kier molecular flexibility index (Phi) is 7.81. The molecule has 3 fully saturated rings. The van der Waals surface area contributed by atoms with E-state index >= 15 is 0 Å². The Morgan fingerprint density at radius 1 is 1.07 bits per heavy atom. The molecule has 1 aromatic heterocycles. The Morgan fingerprint density at radius 2 is 1.75 bits per heavy atom. The molecule has 1 aliphatic heterocycles. The quantitative estimate of drug-likeness (QED) is 0.376. The topological polar surface area (TPSA) is 67.7 Å². The lowest BCUT2D eigenvalue weighted by molar-refractivity contribution is -0.138. The highest BCUT2D eigenvalue weighted by molar-refractivity contribution is 6.74. The number of fused-ring (bicyclic) bond motifs is 1. The summed E-state index contributed by atoms with van der Waals surface area (Å²) in [6, 6.07) is 4.70. The molecule has 2 aliphatic carbocycles. The molecule has 2 heterocycles. The minimum atomic E-state index is -1.79. The molecule has 2 saturated carbocycles. The van der Waals surface area contributed by atoms with Crippen LogP contribution in [-0.2, 0) is 16.3 Å². The van der Waals surface area contributed by atoms with Gasteiger partial charge in [-0.25, -0.2) is 4.98 Å². The lowest BCUT2D eigenvalue weighted by Gasteiger charge is -2.44. The van der Waals surface area contributed by atoms with Gasteiger partial charge in [0.2, 0.25) is 5.91 Å². The zero-order valence-corrected chi connectivity index (χ0v) is 26.8. The second kappa shape index (κ2) is 10.7. The molecular formula is C32H48N4O3Si. The SMILES string of the molecule is CC=C(C)c1cc(C2CC2)cc2c1nc(C(=O)N1CCN(C3CCC(O[Si](C)(C)C(C)(C)C)CC3)C(=O)C1)n2C. The van der Waals surface area contributed by atoms with Crippen LogP contribution in [0, 0.1) is 0 Å². The first-order valence-electron chi connectivity index (χ1n) is 15.2. The van der Waals surface area contributed by atoms with Gasteiger partial charge in [-0.1, -0.05) is 26.8 Å². The number of aryl methyl sites for hydroxylation is 1. The molecule has 5 rings (SSSR count). The van der Waals surface area contributed by atoms with Crippen LogP contribution >= 0.6 is 0 Å². The molecule has 8 heteroatoms. The van der Waals surface area contributed by atoms with Gasteiger partial charge in [-0.2, -0.15) is 0 Å². The summed E-state index contributed by atoms with van der Waals surface area (Å²) in [7, 11) is 0.135. The third-order valence-electron chi connectivity index (χ3n) is 10.0. The fraction of sp³-hybridized carbons (Fsp3) is 0.656. The maximum Gasteiger partial charge on any atom is 0.290 e. The summed E-state index contributed by atoms with van der Waals surface area (Å²) in [5, 5.41) is 0.203. The summed E-state index contributed by atoms with van der Waals surface area (Å²) in [6.07, 6.45) is 8.79. The van der Waals surface area contributed by atoms with Crippen molar-refractivity contribution in [1.29, 1.82) is 0 Å². The van der Waals surface area contributed by atoms with Gasteiger partial charge in [0.15, 0.2) is 14.1 Å². The molecule has 3 aliphatic rings. The Hall–Kier alpha value is -2.45. The summed E-state index contributed by atoms with van der Waals surface area (Å²) in [5.74, 6) is 0.919. The number of piperazine rings is 1. The second-order valence-corrected chi connectivity index (χ2v) is 18.6. The highest BCUT2D eigenvalue weighted by atomic mass is 28.4. The standard InChI is InChI=1S/C32H48N4O3Si/c1-9-21(2)26-18-23(22-10-11-22)19-27-29(26)33-30(34(27)6)31(38)35-16-17-36(28(37)20-35)24-12-14-25(15-13-24)39-40(7,8)32(3,4)5/h9,18-19,22,24-25H,10-17,20H2,1-8H3. The normalized spacial score (nSPS) is 23.3. The van der Waals surface area contributed by atoms with Gasteiger partial charge in [0.25, 0.3) is 5.91 Å². The molecule has 1 aromatic carbocycles. The minimum Gasteiger partial charge on any atom is -0.414 e. The number of hydrogen-bond donors (Lipinski definition) is 0. The minimum absolute atomic E-state index is 0.0496. The first-order valence-corrected chi connectivity index (χ1v) is 18.1. The second-order valence-electron chi connectivity index (χ2n) is 13.8. The third-order valence-corrected chi connectivity index (χ3v) is 14.5. The number of benzene rings is 1. The number of rotatable bonds is 6. The molecule has 2 amide bonds. The lowest BCUT2D eigenvalue weighted by atomic mass is 9.91. The summed E-state index contributed by atoms with van der Waals surface area (Å²) in [4.78, 5) is 35.6. The predicted molar refractivity (Wildman–Crippen MR) is 164 cm³/mol. The number of hydrogen-bond acceptors (Lipinski definition) is 4. The largest absolute Gasteiger partial charge is 0.414 e. The molecule has 0 radical (unpaired) electrons. The summed E-state index contributed by atoms with van der Waals surface area (Å²) >= 11 is 0. The van der Waals surface area contributed by atoms with E-state index in [2.05, 4.69) is 59.0 Å². The van der Waals surface area contributed by atoms with Crippen molar-refractivity contribution in [2.45, 2.75) is 109 Å². The van der Waals surface area contributed by atoms with Crippen molar-refractivity contribution in [2.75, 3.05) is 19.6 Å². The Bertz CT molecular complexity index is 1330. The summed E-state index contributed by atoms with van der Waals surface area (Å²) < 4.78 is 8.59. The predicted octanol–water partition coefficient (Wildman–Crippen LogP) is 6.49. The molecule has 0 bridgehead atoms. The van der Waals surface area contributed by atoms with Crippen LogP contribution in [0.1, 0.15) is 101 Å². The van der Waals surface area contributed by atoms with Gasteiger partial charge in [0, 0.05) is 37.8 Å². The molecule has 0 atom stereocenters. The average Bonchev–Trinajstić information content (AvgIpc) is 3.70. The number of nitrogens with zero attached hydrogens (tertiary/aromatic N) is 4. The van der Waals surface area contributed by atoms with E-state index in [-0.39, 0.29) is 29.4 Å². The Labute approximate surface area is 241 Å². The molecule has 0 N–H and O–H groups in total. The zero-order chi connectivity index (χ0) is 29.0. The molecule has 7 nitrogen and oxygen atoms in total. The number of carbonyl (C=O) groups excluding carboxylic acids is 2. The molecule has 40 heavy (non-hydrogen) atoms. The van der Waals surface area contributed by atoms with Crippen molar-refractivity contribution in [1.82, 2.24) is 19.4 Å². The van der Waals surface area contributed by atoms with Gasteiger partial charge in [-0.05, 0) is 99.7 Å². The average molecular weight is 565 g/mol. The number of allylic oxidation sites excluding steroid dienone is 2. The van der Waals surface area contributed by atoms with Gasteiger partial charge in [0.1, 0.15) is 6.54 Å². The maximum absolute atomic E-state index is 13.7. The molecule has 1 saturated heterocycles. The molecular weight excluding hydrogens is 516 g/mol. The van der Waals surface area contributed by atoms with E-state index < -0.39 is 8.32 Å². The number of aromatic nitrogens is 2. The van der Waals surface area contributed by atoms with Gasteiger partial charge >= 0.3 is 0 Å². The summed E-state index contributed by atoms with van der Waals surface area (Å²) in [5.41, 5.74) is 5.46. The fourth-order valence-electron chi connectivity index (χ4n) is 6.06. The van der Waals surface area contributed by atoms with Gasteiger partial charge in [-0.15, -0.1) is 0 Å². The first kappa shape index (κ1) is 29.1. The molecule has 218 valence electrons. The van der Waals surface area contributed by atoms with Crippen LogP contribution in [0.15, 0.2) is 18.2 Å². The highest BCUT2D eigenvalue weighted by Crippen LogP contribution is 2.43. The molecule has 0 unspecified atom stereocenters. The van der Waals surface area contributed by atoms with Gasteiger partial charge in [-0.3, -0.25) is 9.59 Å². The maximum atomic E-state index is 13.7. The van der Waals surface area contributed by atoms with Crippen molar-refractivity contribution < 1.29 is 14.0 Å². The van der Waals surface area contributed by atoms with Gasteiger partial charge in [0.05, 0.1) is 11.0 Å². The van der Waals surface area contributed by atoms with Crippen LogP contribution in [0.3, 0.4) is 0 Å². The first-order chi connectivity index (χ1) is 18.8. The van der Waals surface area contributed by atoms with E-state index in [1.54, 1.807) is 4.90 Å². The Morgan fingerprint density at radius 3 is 2.33 bits per heavy atom. The van der Waals surface area contributed by atoms with E-state index in [9.17, 15) is 9.59 Å². The van der Waals surface area contributed by atoms with Crippen LogP contribution in [0.2, 0.25) is 18.1 Å². The van der Waals surface area contributed by atoms with E-state index in [4.69, 9.17) is 9.41 Å². The van der Waals surface area contributed by atoms with E-state index in [0.29, 0.717) is 30.9 Å². The van der Waals surface area contributed by atoms with E-state index in [0.717, 1.165) is 47.9 Å². The fourth-order valence-corrected chi connectivity index (χ4v) is 7.49. The lowest BCUT2D eigenvalue weighted by Crippen LogP contribution is -2.56. The van der Waals surface area contributed by atoms with Crippen LogP contribution < -0.4 is 0 Å². The van der Waals surface area contributed by atoms with Crippen molar-refractivity contribution in [3.05, 3.63) is 35.2 Å². The van der Waals surface area contributed by atoms with E-state index in [1.807, 2.05) is 23.4 Å². The summed E-state index contributed by atoms with van der Waals surface area (Å²) in [6.45, 7) is 16.9. The smallest absolute Gasteiger partial charge is 0.290 e. The van der Waals surface area contributed by atoms with Crippen molar-refractivity contribution in [3.8, 4) is 0 Å². The number of imidazole rings is 1. The molecule has 2 aromatic rings. The van der Waals surface area contributed by atoms with Crippen LogP contribution in [-0.4, -0.2) is 71.3 Å². The van der Waals surface area contributed by atoms with E-state index in [1.165, 1.54) is 18.4 Å². The van der Waals surface area contributed by atoms with Crippen LogP contribution in [0.5, 0.6) is 0 Å².